The topological polar surface area (TPSA) is 75.6 Å². The maximum atomic E-state index is 12.2. The van der Waals surface area contributed by atoms with Gasteiger partial charge in [0.15, 0.2) is 0 Å². The maximum absolute atomic E-state index is 12.2. The van der Waals surface area contributed by atoms with Gasteiger partial charge in [0.25, 0.3) is 0 Å². The second-order valence-electron chi connectivity index (χ2n) is 7.30. The van der Waals surface area contributed by atoms with Crippen molar-refractivity contribution in [3.63, 3.8) is 0 Å². The lowest BCUT2D eigenvalue weighted by Crippen LogP contribution is -2.26. The van der Waals surface area contributed by atoms with Crippen LogP contribution in [0.2, 0.25) is 5.02 Å². The van der Waals surface area contributed by atoms with E-state index in [4.69, 9.17) is 21.4 Å². The number of carbonyl (C=O) groups excluding carboxylic acids is 1. The molecule has 0 saturated carbocycles. The van der Waals surface area contributed by atoms with E-state index in [0.29, 0.717) is 18.5 Å². The Bertz CT molecular complexity index is 1200. The summed E-state index contributed by atoms with van der Waals surface area (Å²) in [6.45, 7) is 0.581. The minimum absolute atomic E-state index is 0.00947. The van der Waals surface area contributed by atoms with Crippen LogP contribution in [0.5, 0.6) is 0 Å². The molecule has 1 amide bonds. The SMILES string of the molecule is O=C(NCCC#Cc1ccc(Cl)c(C(=O)O)c1)OCC1c2ccccc2-c2ccccc21. The van der Waals surface area contributed by atoms with E-state index in [1.165, 1.54) is 23.3 Å². The molecule has 0 fully saturated rings. The van der Waals surface area contributed by atoms with E-state index in [0.717, 1.165) is 11.1 Å². The monoisotopic (exact) mass is 445 g/mol. The molecular weight excluding hydrogens is 426 g/mol. The van der Waals surface area contributed by atoms with Gasteiger partial charge in [0.1, 0.15) is 6.61 Å². The Balaban J connectivity index is 1.29. The average Bonchev–Trinajstić information content (AvgIpc) is 3.12. The summed E-state index contributed by atoms with van der Waals surface area (Å²) in [5, 5.41) is 12.0. The van der Waals surface area contributed by atoms with E-state index >= 15 is 0 Å². The minimum Gasteiger partial charge on any atom is -0.478 e. The fourth-order valence-corrected chi connectivity index (χ4v) is 4.01. The summed E-state index contributed by atoms with van der Waals surface area (Å²) in [6.07, 6.45) is -0.0943. The van der Waals surface area contributed by atoms with Crippen molar-refractivity contribution in [2.24, 2.45) is 0 Å². The Morgan fingerprint density at radius 2 is 1.66 bits per heavy atom. The highest BCUT2D eigenvalue weighted by molar-refractivity contribution is 6.33. The zero-order chi connectivity index (χ0) is 22.5. The first-order valence-corrected chi connectivity index (χ1v) is 10.5. The van der Waals surface area contributed by atoms with E-state index in [-0.39, 0.29) is 23.1 Å². The molecular formula is C26H20ClNO4. The van der Waals surface area contributed by atoms with Gasteiger partial charge in [-0.15, -0.1) is 0 Å². The predicted molar refractivity (Wildman–Crippen MR) is 123 cm³/mol. The van der Waals surface area contributed by atoms with E-state index < -0.39 is 12.1 Å². The average molecular weight is 446 g/mol. The van der Waals surface area contributed by atoms with Gasteiger partial charge < -0.3 is 15.2 Å². The number of hydrogen-bond acceptors (Lipinski definition) is 3. The summed E-state index contributed by atoms with van der Waals surface area (Å²) >= 11 is 5.85. The third-order valence-electron chi connectivity index (χ3n) is 5.29. The molecule has 2 N–H and O–H groups in total. The standard InChI is InChI=1S/C26H20ClNO4/c27-24-13-12-17(15-22(24)25(29)30)7-5-6-14-28-26(31)32-16-23-20-10-3-1-8-18(20)19-9-2-4-11-21(19)23/h1-4,8-13,15,23H,6,14,16H2,(H,28,31)(H,29,30). The molecule has 0 unspecified atom stereocenters. The van der Waals surface area contributed by atoms with Gasteiger partial charge in [0.05, 0.1) is 10.6 Å². The lowest BCUT2D eigenvalue weighted by molar-refractivity contribution is 0.0697. The molecule has 32 heavy (non-hydrogen) atoms. The first kappa shape index (κ1) is 21.5. The van der Waals surface area contributed by atoms with Crippen LogP contribution < -0.4 is 5.32 Å². The van der Waals surface area contributed by atoms with Crippen LogP contribution in [0.1, 0.15) is 39.4 Å². The molecule has 3 aromatic rings. The zero-order valence-corrected chi connectivity index (χ0v) is 17.9. The number of rotatable bonds is 5. The smallest absolute Gasteiger partial charge is 0.407 e. The highest BCUT2D eigenvalue weighted by atomic mass is 35.5. The van der Waals surface area contributed by atoms with E-state index in [2.05, 4.69) is 41.4 Å². The number of ether oxygens (including phenoxy) is 1. The van der Waals surface area contributed by atoms with Gasteiger partial charge in [0, 0.05) is 24.4 Å². The molecule has 0 aliphatic heterocycles. The Hall–Kier alpha value is -3.75. The number of nitrogens with one attached hydrogen (secondary N) is 1. The predicted octanol–water partition coefficient (Wildman–Crippen LogP) is 5.32. The number of amides is 1. The quantitative estimate of drug-likeness (QED) is 0.411. The number of benzene rings is 3. The number of fused-ring (bicyclic) bond motifs is 3. The summed E-state index contributed by atoms with van der Waals surface area (Å²) in [7, 11) is 0. The molecule has 1 aliphatic carbocycles. The highest BCUT2D eigenvalue weighted by Crippen LogP contribution is 2.44. The van der Waals surface area contributed by atoms with Gasteiger partial charge in [-0.1, -0.05) is 72.0 Å². The molecule has 4 rings (SSSR count). The van der Waals surface area contributed by atoms with Crippen LogP contribution in [0.3, 0.4) is 0 Å². The van der Waals surface area contributed by atoms with Crippen molar-refractivity contribution in [3.05, 3.63) is 94.0 Å². The molecule has 0 bridgehead atoms. The third kappa shape index (κ3) is 4.61. The molecule has 1 aliphatic rings. The lowest BCUT2D eigenvalue weighted by Gasteiger charge is -2.14. The highest BCUT2D eigenvalue weighted by Gasteiger charge is 2.28. The normalized spacial score (nSPS) is 11.7. The number of alkyl carbamates (subject to hydrolysis) is 1. The fourth-order valence-electron chi connectivity index (χ4n) is 3.81. The van der Waals surface area contributed by atoms with Crippen LogP contribution in [0.25, 0.3) is 11.1 Å². The van der Waals surface area contributed by atoms with Crippen LogP contribution in [0, 0.1) is 11.8 Å². The van der Waals surface area contributed by atoms with E-state index in [1.54, 1.807) is 6.07 Å². The summed E-state index contributed by atoms with van der Waals surface area (Å²) in [5.74, 6) is 4.70. The van der Waals surface area contributed by atoms with Gasteiger partial charge in [-0.05, 0) is 40.5 Å². The van der Waals surface area contributed by atoms with Gasteiger partial charge in [-0.25, -0.2) is 9.59 Å². The molecule has 5 nitrogen and oxygen atoms in total. The van der Waals surface area contributed by atoms with Crippen molar-refractivity contribution in [2.75, 3.05) is 13.2 Å². The van der Waals surface area contributed by atoms with Gasteiger partial charge in [0.2, 0.25) is 0 Å². The number of halogens is 1. The summed E-state index contributed by atoms with van der Waals surface area (Å²) < 4.78 is 5.48. The van der Waals surface area contributed by atoms with Gasteiger partial charge in [-0.2, -0.15) is 0 Å². The van der Waals surface area contributed by atoms with Crippen molar-refractivity contribution in [1.29, 1.82) is 0 Å². The molecule has 0 atom stereocenters. The Kier molecular flexibility index (Phi) is 6.44. The number of carbonyl (C=O) groups is 2. The van der Waals surface area contributed by atoms with Crippen molar-refractivity contribution in [1.82, 2.24) is 5.32 Å². The van der Waals surface area contributed by atoms with Crippen molar-refractivity contribution in [3.8, 4) is 23.0 Å². The molecule has 0 radical (unpaired) electrons. The molecule has 0 saturated heterocycles. The van der Waals surface area contributed by atoms with Crippen LogP contribution in [-0.4, -0.2) is 30.3 Å². The van der Waals surface area contributed by atoms with Crippen LogP contribution >= 0.6 is 11.6 Å². The zero-order valence-electron chi connectivity index (χ0n) is 17.1. The van der Waals surface area contributed by atoms with E-state index in [9.17, 15) is 9.59 Å². The number of carboxylic acid groups (broad SMARTS) is 1. The molecule has 0 heterocycles. The van der Waals surface area contributed by atoms with Crippen molar-refractivity contribution < 1.29 is 19.4 Å². The van der Waals surface area contributed by atoms with Gasteiger partial charge >= 0.3 is 12.1 Å². The Morgan fingerprint density at radius 1 is 1.00 bits per heavy atom. The largest absolute Gasteiger partial charge is 0.478 e. The number of carboxylic acids is 1. The van der Waals surface area contributed by atoms with Crippen LogP contribution in [-0.2, 0) is 4.74 Å². The molecule has 6 heteroatoms. The molecule has 160 valence electrons. The summed E-state index contributed by atoms with van der Waals surface area (Å²) in [4.78, 5) is 23.3. The Morgan fingerprint density at radius 3 is 2.31 bits per heavy atom. The number of hydrogen-bond donors (Lipinski definition) is 2. The second kappa shape index (κ2) is 9.59. The second-order valence-corrected chi connectivity index (χ2v) is 7.71. The third-order valence-corrected chi connectivity index (χ3v) is 5.62. The summed E-state index contributed by atoms with van der Waals surface area (Å²) in [6, 6.07) is 20.9. The minimum atomic E-state index is -1.10. The fraction of sp³-hybridized carbons (Fsp3) is 0.154. The summed E-state index contributed by atoms with van der Waals surface area (Å²) in [5.41, 5.74) is 5.25. The van der Waals surface area contributed by atoms with Crippen LogP contribution in [0.15, 0.2) is 66.7 Å². The Labute approximate surface area is 191 Å². The van der Waals surface area contributed by atoms with Crippen LogP contribution in [0.4, 0.5) is 4.79 Å². The van der Waals surface area contributed by atoms with Gasteiger partial charge in [-0.3, -0.25) is 0 Å². The first-order chi connectivity index (χ1) is 15.5. The van der Waals surface area contributed by atoms with Crippen molar-refractivity contribution >= 4 is 23.7 Å². The maximum Gasteiger partial charge on any atom is 0.407 e. The van der Waals surface area contributed by atoms with Crippen molar-refractivity contribution in [2.45, 2.75) is 12.3 Å². The first-order valence-electron chi connectivity index (χ1n) is 10.1. The van der Waals surface area contributed by atoms with E-state index in [1.807, 2.05) is 24.3 Å². The molecule has 0 aromatic heterocycles. The number of aromatic carboxylic acids is 1. The molecule has 0 spiro atoms. The molecule has 3 aromatic carbocycles. The lowest BCUT2D eigenvalue weighted by atomic mass is 9.98.